The average molecular weight is 531 g/mol. The molecule has 3 fully saturated rings. The Morgan fingerprint density at radius 1 is 0.564 bits per heavy atom. The number of rotatable bonds is 10. The second-order valence-electron chi connectivity index (χ2n) is 13.7. The van der Waals surface area contributed by atoms with Crippen molar-refractivity contribution in [2.45, 2.75) is 147 Å². The smallest absolute Gasteiger partial charge is 0.126 e. The average Bonchev–Trinajstić information content (AvgIpc) is 2.99. The Labute approximate surface area is 239 Å². The fourth-order valence-electron chi connectivity index (χ4n) is 8.65. The van der Waals surface area contributed by atoms with E-state index in [-0.39, 0.29) is 5.82 Å². The summed E-state index contributed by atoms with van der Waals surface area (Å²) in [5.41, 5.74) is 5.22. The highest BCUT2D eigenvalue weighted by Crippen LogP contribution is 2.45. The third kappa shape index (κ3) is 7.56. The minimum absolute atomic E-state index is 0.00582. The highest BCUT2D eigenvalue weighted by atomic mass is 19.1. The Balaban J connectivity index is 1.05. The first-order valence-corrected chi connectivity index (χ1v) is 17.0. The molecular weight excluding hydrogens is 475 g/mol. The van der Waals surface area contributed by atoms with Crippen LogP contribution < -0.4 is 0 Å². The number of unbranched alkanes of at least 4 members (excludes halogenated alkanes) is 2. The van der Waals surface area contributed by atoms with Crippen LogP contribution in [0.4, 0.5) is 4.39 Å². The van der Waals surface area contributed by atoms with Gasteiger partial charge >= 0.3 is 0 Å². The molecule has 1 heteroatoms. The van der Waals surface area contributed by atoms with Crippen molar-refractivity contribution < 1.29 is 4.39 Å². The van der Waals surface area contributed by atoms with Crippen molar-refractivity contribution >= 4 is 0 Å². The SMILES string of the molecule is CCCCCC1CCC(C2CCC(c3ccc(C4CCC(c5ccc(CCC)c(F)c5)CC4)cc3)CC2)CC1. The number of aryl methyl sites for hydroxylation is 1. The lowest BCUT2D eigenvalue weighted by Crippen LogP contribution is -2.25. The Bertz CT molecular complexity index is 982. The molecule has 0 atom stereocenters. The molecule has 2 aromatic carbocycles. The zero-order valence-corrected chi connectivity index (χ0v) is 25.1. The first kappa shape index (κ1) is 28.9. The minimum atomic E-state index is 0.00582. The van der Waals surface area contributed by atoms with Gasteiger partial charge in [-0.05, 0) is 134 Å². The van der Waals surface area contributed by atoms with Crippen LogP contribution in [-0.2, 0) is 6.42 Å². The molecule has 3 aliphatic carbocycles. The van der Waals surface area contributed by atoms with E-state index in [1.807, 2.05) is 12.1 Å². The minimum Gasteiger partial charge on any atom is -0.207 e. The molecule has 0 heterocycles. The summed E-state index contributed by atoms with van der Waals surface area (Å²) in [6.45, 7) is 4.44. The van der Waals surface area contributed by atoms with Gasteiger partial charge in [-0.15, -0.1) is 0 Å². The van der Waals surface area contributed by atoms with E-state index in [0.717, 1.165) is 42.1 Å². The van der Waals surface area contributed by atoms with E-state index in [0.29, 0.717) is 11.8 Å². The van der Waals surface area contributed by atoms with Gasteiger partial charge in [0.05, 0.1) is 0 Å². The lowest BCUT2D eigenvalue weighted by atomic mass is 9.68. The molecule has 0 amide bonds. The maximum atomic E-state index is 14.5. The van der Waals surface area contributed by atoms with Crippen molar-refractivity contribution in [2.24, 2.45) is 17.8 Å². The third-order valence-electron chi connectivity index (χ3n) is 11.2. The van der Waals surface area contributed by atoms with E-state index < -0.39 is 0 Å². The summed E-state index contributed by atoms with van der Waals surface area (Å²) >= 11 is 0. The van der Waals surface area contributed by atoms with Crippen molar-refractivity contribution in [3.05, 3.63) is 70.5 Å². The fourth-order valence-corrected chi connectivity index (χ4v) is 8.65. The van der Waals surface area contributed by atoms with Gasteiger partial charge in [-0.3, -0.25) is 0 Å². The predicted octanol–water partition coefficient (Wildman–Crippen LogP) is 11.9. The molecule has 3 aliphatic rings. The van der Waals surface area contributed by atoms with Gasteiger partial charge in [0.25, 0.3) is 0 Å². The molecule has 0 spiro atoms. The van der Waals surface area contributed by atoms with Crippen LogP contribution in [-0.4, -0.2) is 0 Å². The van der Waals surface area contributed by atoms with Crippen LogP contribution in [0.15, 0.2) is 42.5 Å². The van der Waals surface area contributed by atoms with E-state index in [9.17, 15) is 4.39 Å². The summed E-state index contributed by atoms with van der Waals surface area (Å²) in [6, 6.07) is 15.9. The Morgan fingerprint density at radius 2 is 1.05 bits per heavy atom. The predicted molar refractivity (Wildman–Crippen MR) is 165 cm³/mol. The maximum absolute atomic E-state index is 14.5. The maximum Gasteiger partial charge on any atom is 0.126 e. The van der Waals surface area contributed by atoms with Gasteiger partial charge in [-0.2, -0.15) is 0 Å². The molecule has 39 heavy (non-hydrogen) atoms. The van der Waals surface area contributed by atoms with Crippen molar-refractivity contribution in [1.29, 1.82) is 0 Å². The summed E-state index contributed by atoms with van der Waals surface area (Å²) in [7, 11) is 0. The first-order chi connectivity index (χ1) is 19.1. The molecule has 2 aromatic rings. The highest BCUT2D eigenvalue weighted by molar-refractivity contribution is 5.30. The molecule has 0 bridgehead atoms. The van der Waals surface area contributed by atoms with Gasteiger partial charge in [0.1, 0.15) is 5.82 Å². The van der Waals surface area contributed by atoms with Crippen molar-refractivity contribution in [3.63, 3.8) is 0 Å². The number of benzene rings is 2. The molecule has 3 saturated carbocycles. The molecule has 0 unspecified atom stereocenters. The summed E-state index contributed by atoms with van der Waals surface area (Å²) in [6.07, 6.45) is 24.2. The quantitative estimate of drug-likeness (QED) is 0.268. The van der Waals surface area contributed by atoms with Crippen LogP contribution in [0.3, 0.4) is 0 Å². The molecule has 0 saturated heterocycles. The van der Waals surface area contributed by atoms with Crippen LogP contribution in [0, 0.1) is 23.6 Å². The molecule has 0 nitrogen and oxygen atoms in total. The lowest BCUT2D eigenvalue weighted by Gasteiger charge is -2.38. The normalized spacial score (nSPS) is 29.8. The zero-order chi connectivity index (χ0) is 27.0. The zero-order valence-electron chi connectivity index (χ0n) is 25.1. The second-order valence-corrected chi connectivity index (χ2v) is 13.7. The number of hydrogen-bond donors (Lipinski definition) is 0. The highest BCUT2D eigenvalue weighted by Gasteiger charge is 2.31. The van der Waals surface area contributed by atoms with Gasteiger partial charge in [0, 0.05) is 0 Å². The molecule has 5 rings (SSSR count). The number of hydrogen-bond acceptors (Lipinski definition) is 0. The van der Waals surface area contributed by atoms with Crippen LogP contribution in [0.25, 0.3) is 0 Å². The lowest BCUT2D eigenvalue weighted by molar-refractivity contribution is 0.155. The Hall–Kier alpha value is -1.63. The van der Waals surface area contributed by atoms with Crippen LogP contribution >= 0.6 is 0 Å². The van der Waals surface area contributed by atoms with E-state index in [1.54, 1.807) is 5.56 Å². The van der Waals surface area contributed by atoms with Gasteiger partial charge < -0.3 is 0 Å². The van der Waals surface area contributed by atoms with E-state index in [1.165, 1.54) is 114 Å². The van der Waals surface area contributed by atoms with Gasteiger partial charge in [0.2, 0.25) is 0 Å². The van der Waals surface area contributed by atoms with Gasteiger partial charge in [-0.25, -0.2) is 4.39 Å². The van der Waals surface area contributed by atoms with Crippen LogP contribution in [0.1, 0.15) is 163 Å². The van der Waals surface area contributed by atoms with Gasteiger partial charge in [-0.1, -0.05) is 95.2 Å². The molecular formula is C38H55F. The third-order valence-corrected chi connectivity index (χ3v) is 11.2. The summed E-state index contributed by atoms with van der Waals surface area (Å²) in [5.74, 6) is 5.05. The summed E-state index contributed by atoms with van der Waals surface area (Å²) in [5, 5.41) is 0. The monoisotopic (exact) mass is 530 g/mol. The molecule has 0 aromatic heterocycles. The standard InChI is InChI=1S/C38H55F/c1-3-5-6-8-28-9-11-29(12-10-28)30-13-15-31(16-14-30)32-17-19-33(20-18-32)34-21-23-35(24-22-34)37-26-25-36(7-4-2)38(39)27-37/h17-20,25-31,34-35H,3-16,21-24H2,1-2H3. The second kappa shape index (κ2) is 14.3. The van der Waals surface area contributed by atoms with Crippen LogP contribution in [0.5, 0.6) is 0 Å². The largest absolute Gasteiger partial charge is 0.207 e. The Kier molecular flexibility index (Phi) is 10.6. The molecule has 0 N–H and O–H groups in total. The van der Waals surface area contributed by atoms with Gasteiger partial charge in [0.15, 0.2) is 0 Å². The van der Waals surface area contributed by atoms with Crippen molar-refractivity contribution in [2.75, 3.05) is 0 Å². The molecule has 0 radical (unpaired) electrons. The number of halogens is 1. The first-order valence-electron chi connectivity index (χ1n) is 17.0. The summed E-state index contributed by atoms with van der Waals surface area (Å²) < 4.78 is 14.5. The van der Waals surface area contributed by atoms with E-state index in [4.69, 9.17) is 0 Å². The van der Waals surface area contributed by atoms with E-state index >= 15 is 0 Å². The summed E-state index contributed by atoms with van der Waals surface area (Å²) in [4.78, 5) is 0. The van der Waals surface area contributed by atoms with Crippen molar-refractivity contribution in [3.8, 4) is 0 Å². The molecule has 0 aliphatic heterocycles. The van der Waals surface area contributed by atoms with Crippen molar-refractivity contribution in [1.82, 2.24) is 0 Å². The molecule has 214 valence electrons. The van der Waals surface area contributed by atoms with E-state index in [2.05, 4.69) is 44.2 Å². The Morgan fingerprint density at radius 3 is 1.56 bits per heavy atom. The topological polar surface area (TPSA) is 0 Å². The fraction of sp³-hybridized carbons (Fsp3) is 0.684. The van der Waals surface area contributed by atoms with Crippen LogP contribution in [0.2, 0.25) is 0 Å².